The number of likely N-dealkylation sites (tertiary alicyclic amines) is 1. The third-order valence-electron chi connectivity index (χ3n) is 5.70. The molecule has 1 amide bonds. The molecule has 2 N–H and O–H groups in total. The molecule has 1 saturated heterocycles. The lowest BCUT2D eigenvalue weighted by Crippen LogP contribution is -2.36. The number of benzene rings is 2. The summed E-state index contributed by atoms with van der Waals surface area (Å²) >= 11 is 0. The number of fused-ring (bicyclic) bond motifs is 1. The van der Waals surface area contributed by atoms with Crippen LogP contribution >= 0.6 is 12.4 Å². The van der Waals surface area contributed by atoms with Crippen LogP contribution in [0.2, 0.25) is 0 Å². The predicted molar refractivity (Wildman–Crippen MR) is 111 cm³/mol. The van der Waals surface area contributed by atoms with Crippen molar-refractivity contribution < 1.29 is 14.3 Å². The van der Waals surface area contributed by atoms with Crippen LogP contribution in [0.5, 0.6) is 11.5 Å². The summed E-state index contributed by atoms with van der Waals surface area (Å²) in [5, 5.41) is 0. The van der Waals surface area contributed by atoms with E-state index in [0.29, 0.717) is 29.9 Å². The Morgan fingerprint density at radius 1 is 0.964 bits per heavy atom. The summed E-state index contributed by atoms with van der Waals surface area (Å²) < 4.78 is 11.7. The van der Waals surface area contributed by atoms with Gasteiger partial charge in [0, 0.05) is 19.1 Å². The van der Waals surface area contributed by atoms with Crippen LogP contribution in [0.4, 0.5) is 0 Å². The van der Waals surface area contributed by atoms with Crippen molar-refractivity contribution in [3.05, 3.63) is 60.2 Å². The fourth-order valence-corrected chi connectivity index (χ4v) is 4.17. The Hall–Kier alpha value is -2.24. The number of para-hydroxylation sites is 2. The van der Waals surface area contributed by atoms with E-state index in [0.717, 1.165) is 31.5 Å². The normalized spacial score (nSPS) is 23.0. The van der Waals surface area contributed by atoms with Crippen LogP contribution in [0.25, 0.3) is 0 Å². The lowest BCUT2D eigenvalue weighted by atomic mass is 9.98. The second kappa shape index (κ2) is 9.30. The van der Waals surface area contributed by atoms with Gasteiger partial charge in [-0.1, -0.05) is 42.5 Å². The van der Waals surface area contributed by atoms with Gasteiger partial charge in [0.1, 0.15) is 6.61 Å². The second-order valence-electron chi connectivity index (χ2n) is 7.47. The molecule has 150 valence electrons. The molecule has 2 aliphatic rings. The van der Waals surface area contributed by atoms with Crippen molar-refractivity contribution >= 4 is 18.3 Å². The molecule has 1 aliphatic heterocycles. The van der Waals surface area contributed by atoms with Gasteiger partial charge in [-0.25, -0.2) is 0 Å². The minimum Gasteiger partial charge on any atom is -0.485 e. The number of carbonyl (C=O) groups excluding carboxylic acids is 1. The van der Waals surface area contributed by atoms with Crippen LogP contribution in [-0.4, -0.2) is 36.5 Å². The Morgan fingerprint density at radius 2 is 1.64 bits per heavy atom. The maximum atomic E-state index is 12.6. The van der Waals surface area contributed by atoms with Gasteiger partial charge in [0.25, 0.3) is 5.91 Å². The molecule has 0 aromatic heterocycles. The summed E-state index contributed by atoms with van der Waals surface area (Å²) in [6, 6.07) is 17.7. The van der Waals surface area contributed by atoms with Gasteiger partial charge in [-0.15, -0.1) is 12.4 Å². The molecule has 0 radical (unpaired) electrons. The summed E-state index contributed by atoms with van der Waals surface area (Å²) in [6.45, 7) is 2.07. The van der Waals surface area contributed by atoms with E-state index in [-0.39, 0.29) is 31.0 Å². The first-order chi connectivity index (χ1) is 13.2. The lowest BCUT2D eigenvalue weighted by molar-refractivity contribution is -0.132. The molecule has 6 heteroatoms. The van der Waals surface area contributed by atoms with Crippen molar-refractivity contribution in [3.63, 3.8) is 0 Å². The van der Waals surface area contributed by atoms with E-state index in [2.05, 4.69) is 0 Å². The van der Waals surface area contributed by atoms with Crippen LogP contribution in [0.1, 0.15) is 18.4 Å². The highest BCUT2D eigenvalue weighted by Gasteiger charge is 2.42. The molecule has 1 saturated carbocycles. The highest BCUT2D eigenvalue weighted by atomic mass is 35.5. The van der Waals surface area contributed by atoms with Crippen molar-refractivity contribution in [2.45, 2.75) is 25.5 Å². The molecule has 2 fully saturated rings. The van der Waals surface area contributed by atoms with Crippen LogP contribution in [0.15, 0.2) is 54.6 Å². The third kappa shape index (κ3) is 4.59. The van der Waals surface area contributed by atoms with Gasteiger partial charge in [-0.05, 0) is 42.4 Å². The average molecular weight is 403 g/mol. The number of halogens is 1. The first-order valence-corrected chi connectivity index (χ1v) is 9.62. The number of nitrogens with zero attached hydrogens (tertiary/aromatic N) is 1. The summed E-state index contributed by atoms with van der Waals surface area (Å²) in [6.07, 6.45) is 2.21. The van der Waals surface area contributed by atoms with Crippen LogP contribution < -0.4 is 15.2 Å². The van der Waals surface area contributed by atoms with E-state index in [1.807, 2.05) is 59.5 Å². The molecule has 0 spiro atoms. The summed E-state index contributed by atoms with van der Waals surface area (Å²) in [5.74, 6) is 2.28. The Labute approximate surface area is 172 Å². The van der Waals surface area contributed by atoms with Gasteiger partial charge >= 0.3 is 0 Å². The summed E-state index contributed by atoms with van der Waals surface area (Å²) in [4.78, 5) is 14.5. The van der Waals surface area contributed by atoms with E-state index in [9.17, 15) is 4.79 Å². The lowest BCUT2D eigenvalue weighted by Gasteiger charge is -2.19. The minimum absolute atomic E-state index is 0. The van der Waals surface area contributed by atoms with Gasteiger partial charge in [0.05, 0.1) is 0 Å². The van der Waals surface area contributed by atoms with Gasteiger partial charge in [0.2, 0.25) is 0 Å². The largest absolute Gasteiger partial charge is 0.485 e. The van der Waals surface area contributed by atoms with Crippen molar-refractivity contribution in [3.8, 4) is 11.5 Å². The zero-order chi connectivity index (χ0) is 18.6. The highest BCUT2D eigenvalue weighted by molar-refractivity contribution is 5.85. The average Bonchev–Trinajstić information content (AvgIpc) is 3.28. The van der Waals surface area contributed by atoms with E-state index >= 15 is 0 Å². The molecule has 4 rings (SSSR count). The van der Waals surface area contributed by atoms with E-state index < -0.39 is 0 Å². The Bertz CT molecular complexity index is 786. The maximum absolute atomic E-state index is 12.6. The number of amides is 1. The topological polar surface area (TPSA) is 64.8 Å². The Kier molecular flexibility index (Phi) is 6.81. The standard InChI is InChI=1S/C22H26N2O3.ClH/c23-19-11-10-17-12-24(13-18(17)19)22(25)15-27-21-9-5-4-8-20(21)26-14-16-6-2-1-3-7-16;/h1-9,17-19H,10-15,23H2;1H. The quantitative estimate of drug-likeness (QED) is 0.805. The van der Waals surface area contributed by atoms with Crippen LogP contribution in [-0.2, 0) is 11.4 Å². The van der Waals surface area contributed by atoms with Crippen molar-refractivity contribution in [1.29, 1.82) is 0 Å². The van der Waals surface area contributed by atoms with E-state index in [1.165, 1.54) is 0 Å². The molecule has 1 heterocycles. The van der Waals surface area contributed by atoms with Gasteiger partial charge in [-0.3, -0.25) is 4.79 Å². The molecule has 1 aliphatic carbocycles. The number of carbonyl (C=O) groups is 1. The molecule has 2 aromatic carbocycles. The van der Waals surface area contributed by atoms with E-state index in [1.54, 1.807) is 0 Å². The molecule has 5 nitrogen and oxygen atoms in total. The first-order valence-electron chi connectivity index (χ1n) is 9.62. The van der Waals surface area contributed by atoms with Crippen molar-refractivity contribution in [1.82, 2.24) is 4.90 Å². The van der Waals surface area contributed by atoms with Gasteiger partial charge in [-0.2, -0.15) is 0 Å². The van der Waals surface area contributed by atoms with Gasteiger partial charge in [0.15, 0.2) is 18.1 Å². The fourth-order valence-electron chi connectivity index (χ4n) is 4.17. The number of hydrogen-bond acceptors (Lipinski definition) is 4. The van der Waals surface area contributed by atoms with Crippen molar-refractivity contribution in [2.24, 2.45) is 17.6 Å². The molecular weight excluding hydrogens is 376 g/mol. The summed E-state index contributed by atoms with van der Waals surface area (Å²) in [5.41, 5.74) is 7.25. The van der Waals surface area contributed by atoms with E-state index in [4.69, 9.17) is 15.2 Å². The number of rotatable bonds is 6. The summed E-state index contributed by atoms with van der Waals surface area (Å²) in [7, 11) is 0. The zero-order valence-electron chi connectivity index (χ0n) is 15.8. The Morgan fingerprint density at radius 3 is 2.36 bits per heavy atom. The molecule has 2 aromatic rings. The maximum Gasteiger partial charge on any atom is 0.260 e. The SMILES string of the molecule is Cl.NC1CCC2CN(C(=O)COc3ccccc3OCc3ccccc3)CC12. The molecule has 3 atom stereocenters. The number of hydrogen-bond donors (Lipinski definition) is 1. The van der Waals surface area contributed by atoms with Crippen LogP contribution in [0, 0.1) is 11.8 Å². The molecule has 3 unspecified atom stereocenters. The van der Waals surface area contributed by atoms with Crippen LogP contribution in [0.3, 0.4) is 0 Å². The van der Waals surface area contributed by atoms with Gasteiger partial charge < -0.3 is 20.1 Å². The number of ether oxygens (including phenoxy) is 2. The highest BCUT2D eigenvalue weighted by Crippen LogP contribution is 2.37. The molecule has 0 bridgehead atoms. The minimum atomic E-state index is 0. The fraction of sp³-hybridized carbons (Fsp3) is 0.409. The Balaban J connectivity index is 0.00000225. The first kappa shape index (κ1) is 20.5. The number of nitrogens with two attached hydrogens (primary N) is 1. The predicted octanol–water partition coefficient (Wildman–Crippen LogP) is 3.26. The molecule has 28 heavy (non-hydrogen) atoms. The second-order valence-corrected chi connectivity index (χ2v) is 7.47. The van der Waals surface area contributed by atoms with Crippen molar-refractivity contribution in [2.75, 3.05) is 19.7 Å². The smallest absolute Gasteiger partial charge is 0.260 e. The third-order valence-corrected chi connectivity index (χ3v) is 5.70. The molecular formula is C22H27ClN2O3. The zero-order valence-corrected chi connectivity index (χ0v) is 16.6. The monoisotopic (exact) mass is 402 g/mol.